The summed E-state index contributed by atoms with van der Waals surface area (Å²) in [4.78, 5) is 10.9. The smallest absolute Gasteiger partial charge is 0.132 e. The number of ketones is 1. The maximum Gasteiger partial charge on any atom is 0.132 e. The van der Waals surface area contributed by atoms with E-state index in [1.54, 1.807) is 0 Å². The Bertz CT molecular complexity index is 133. The molecule has 0 spiro atoms. The highest BCUT2D eigenvalue weighted by atomic mass is 16.2. The second kappa shape index (κ2) is 5.31. The van der Waals surface area contributed by atoms with Crippen molar-refractivity contribution in [3.8, 4) is 0 Å². The van der Waals surface area contributed by atoms with E-state index in [1.165, 1.54) is 6.42 Å². The van der Waals surface area contributed by atoms with Crippen LogP contribution in [0.5, 0.6) is 0 Å². The average molecular weight is 170 g/mol. The van der Waals surface area contributed by atoms with E-state index in [9.17, 15) is 4.79 Å². The van der Waals surface area contributed by atoms with Gasteiger partial charge in [-0.25, -0.2) is 0 Å². The van der Waals surface area contributed by atoms with E-state index in [-0.39, 0.29) is 0 Å². The highest BCUT2D eigenvalue weighted by Crippen LogP contribution is 2.25. The Kier molecular flexibility index (Phi) is 4.30. The van der Waals surface area contributed by atoms with Gasteiger partial charge in [-0.3, -0.25) is 4.79 Å². The minimum atomic E-state index is 0.311. The largest absolute Gasteiger partial charge is 0.396 e. The lowest BCUT2D eigenvalue weighted by Crippen LogP contribution is -2.13. The average Bonchev–Trinajstić information content (AvgIpc) is 2.09. The van der Waals surface area contributed by atoms with E-state index in [2.05, 4.69) is 0 Å². The van der Waals surface area contributed by atoms with Gasteiger partial charge in [-0.1, -0.05) is 12.8 Å². The molecule has 2 nitrogen and oxygen atoms in total. The van der Waals surface area contributed by atoms with Gasteiger partial charge in [-0.05, 0) is 25.2 Å². The number of Topliss-reactive ketones (excluding diaryl/α,β-unsaturated/α-hetero) is 1. The second-order valence-corrected chi connectivity index (χ2v) is 3.70. The first-order valence-corrected chi connectivity index (χ1v) is 4.95. The molecule has 0 bridgehead atoms. The number of aliphatic hydroxyl groups is 1. The molecule has 0 heterocycles. The minimum Gasteiger partial charge on any atom is -0.396 e. The molecule has 0 saturated heterocycles. The summed E-state index contributed by atoms with van der Waals surface area (Å²) in [6.45, 7) is 0.311. The van der Waals surface area contributed by atoms with Crippen LogP contribution in [0.15, 0.2) is 0 Å². The van der Waals surface area contributed by atoms with E-state index in [4.69, 9.17) is 5.11 Å². The van der Waals surface area contributed by atoms with Crippen LogP contribution in [0, 0.1) is 5.92 Å². The monoisotopic (exact) mass is 170 g/mol. The highest BCUT2D eigenvalue weighted by molar-refractivity contribution is 5.78. The van der Waals surface area contributed by atoms with Gasteiger partial charge in [0.1, 0.15) is 5.78 Å². The standard InChI is InChI=1S/C10H18O2/c11-8-2-1-3-9-4-6-10(12)7-5-9/h9,11H,1-8H2. The summed E-state index contributed by atoms with van der Waals surface area (Å²) >= 11 is 0. The van der Waals surface area contributed by atoms with E-state index in [0.29, 0.717) is 12.4 Å². The Morgan fingerprint density at radius 1 is 1.25 bits per heavy atom. The van der Waals surface area contributed by atoms with Crippen LogP contribution in [0.2, 0.25) is 0 Å². The van der Waals surface area contributed by atoms with Crippen molar-refractivity contribution in [1.29, 1.82) is 0 Å². The molecule has 2 heteroatoms. The SMILES string of the molecule is O=C1CCC(CCCCO)CC1. The molecule has 0 amide bonds. The van der Waals surface area contributed by atoms with Crippen LogP contribution in [-0.4, -0.2) is 17.5 Å². The summed E-state index contributed by atoms with van der Waals surface area (Å²) < 4.78 is 0. The van der Waals surface area contributed by atoms with Crippen molar-refractivity contribution in [1.82, 2.24) is 0 Å². The fourth-order valence-corrected chi connectivity index (χ4v) is 1.83. The summed E-state index contributed by atoms with van der Waals surface area (Å²) in [5.74, 6) is 1.20. The molecule has 0 aromatic heterocycles. The molecule has 70 valence electrons. The molecule has 12 heavy (non-hydrogen) atoms. The van der Waals surface area contributed by atoms with E-state index < -0.39 is 0 Å². The Morgan fingerprint density at radius 3 is 2.50 bits per heavy atom. The van der Waals surface area contributed by atoms with E-state index in [0.717, 1.165) is 44.4 Å². The number of hydrogen-bond acceptors (Lipinski definition) is 2. The van der Waals surface area contributed by atoms with Crippen molar-refractivity contribution in [3.63, 3.8) is 0 Å². The second-order valence-electron chi connectivity index (χ2n) is 3.70. The van der Waals surface area contributed by atoms with Crippen molar-refractivity contribution in [2.45, 2.75) is 44.9 Å². The Balaban J connectivity index is 2.05. The first-order valence-electron chi connectivity index (χ1n) is 4.95. The normalized spacial score (nSPS) is 19.9. The Morgan fingerprint density at radius 2 is 1.92 bits per heavy atom. The molecule has 0 aliphatic heterocycles. The Hall–Kier alpha value is -0.370. The van der Waals surface area contributed by atoms with Crippen LogP contribution in [0.4, 0.5) is 0 Å². The number of unbranched alkanes of at least 4 members (excludes halogenated alkanes) is 1. The zero-order valence-electron chi connectivity index (χ0n) is 7.59. The van der Waals surface area contributed by atoms with Gasteiger partial charge in [0, 0.05) is 19.4 Å². The van der Waals surface area contributed by atoms with Gasteiger partial charge >= 0.3 is 0 Å². The summed E-state index contributed by atoms with van der Waals surface area (Å²) in [6, 6.07) is 0. The predicted octanol–water partition coefficient (Wildman–Crippen LogP) is 1.91. The first kappa shape index (κ1) is 9.72. The lowest BCUT2D eigenvalue weighted by molar-refractivity contribution is -0.121. The van der Waals surface area contributed by atoms with Gasteiger partial charge in [0.05, 0.1) is 0 Å². The van der Waals surface area contributed by atoms with Gasteiger partial charge in [0.2, 0.25) is 0 Å². The zero-order valence-corrected chi connectivity index (χ0v) is 7.59. The van der Waals surface area contributed by atoms with Crippen molar-refractivity contribution in [3.05, 3.63) is 0 Å². The first-order chi connectivity index (χ1) is 5.83. The van der Waals surface area contributed by atoms with Crippen molar-refractivity contribution < 1.29 is 9.90 Å². The van der Waals surface area contributed by atoms with Gasteiger partial charge < -0.3 is 5.11 Å². The molecule has 0 unspecified atom stereocenters. The lowest BCUT2D eigenvalue weighted by atomic mass is 9.85. The third-order valence-corrected chi connectivity index (χ3v) is 2.68. The number of carbonyl (C=O) groups excluding carboxylic acids is 1. The fourth-order valence-electron chi connectivity index (χ4n) is 1.83. The molecule has 1 saturated carbocycles. The van der Waals surface area contributed by atoms with E-state index in [1.807, 2.05) is 0 Å². The molecule has 1 N–H and O–H groups in total. The van der Waals surface area contributed by atoms with Crippen LogP contribution in [0.25, 0.3) is 0 Å². The van der Waals surface area contributed by atoms with Gasteiger partial charge in [-0.2, -0.15) is 0 Å². The van der Waals surface area contributed by atoms with Gasteiger partial charge in [0.25, 0.3) is 0 Å². The van der Waals surface area contributed by atoms with E-state index >= 15 is 0 Å². The molecule has 1 rings (SSSR count). The topological polar surface area (TPSA) is 37.3 Å². The molecule has 0 atom stereocenters. The van der Waals surface area contributed by atoms with Gasteiger partial charge in [-0.15, -0.1) is 0 Å². The minimum absolute atomic E-state index is 0.311. The summed E-state index contributed by atoms with van der Waals surface area (Å²) in [5, 5.41) is 8.58. The molecule has 1 aliphatic rings. The fraction of sp³-hybridized carbons (Fsp3) is 0.900. The maximum atomic E-state index is 10.9. The molecule has 0 radical (unpaired) electrons. The summed E-state index contributed by atoms with van der Waals surface area (Å²) in [6.07, 6.45) is 7.01. The van der Waals surface area contributed by atoms with Gasteiger partial charge in [0.15, 0.2) is 0 Å². The van der Waals surface area contributed by atoms with Crippen LogP contribution in [0.1, 0.15) is 44.9 Å². The summed E-state index contributed by atoms with van der Waals surface area (Å²) in [5.41, 5.74) is 0. The van der Waals surface area contributed by atoms with Crippen LogP contribution >= 0.6 is 0 Å². The van der Waals surface area contributed by atoms with Crippen molar-refractivity contribution in [2.75, 3.05) is 6.61 Å². The lowest BCUT2D eigenvalue weighted by Gasteiger charge is -2.20. The maximum absolute atomic E-state index is 10.9. The molecular formula is C10H18O2. The number of hydrogen-bond donors (Lipinski definition) is 1. The van der Waals surface area contributed by atoms with Crippen molar-refractivity contribution in [2.24, 2.45) is 5.92 Å². The Labute approximate surface area is 74.0 Å². The van der Waals surface area contributed by atoms with Crippen LogP contribution < -0.4 is 0 Å². The highest BCUT2D eigenvalue weighted by Gasteiger charge is 2.17. The quantitative estimate of drug-likeness (QED) is 0.654. The molecule has 1 aliphatic carbocycles. The van der Waals surface area contributed by atoms with Crippen molar-refractivity contribution >= 4 is 5.78 Å². The molecular weight excluding hydrogens is 152 g/mol. The molecule has 1 fully saturated rings. The third-order valence-electron chi connectivity index (χ3n) is 2.68. The number of carbonyl (C=O) groups is 1. The van der Waals surface area contributed by atoms with Crippen LogP contribution in [0.3, 0.4) is 0 Å². The van der Waals surface area contributed by atoms with Crippen LogP contribution in [-0.2, 0) is 4.79 Å². The number of aliphatic hydroxyl groups excluding tert-OH is 1. The summed E-state index contributed by atoms with van der Waals surface area (Å²) in [7, 11) is 0. The zero-order chi connectivity index (χ0) is 8.81. The molecule has 0 aromatic rings. The third kappa shape index (κ3) is 3.35. The molecule has 0 aromatic carbocycles. The predicted molar refractivity (Wildman–Crippen MR) is 47.9 cm³/mol. The number of rotatable bonds is 4.